The van der Waals surface area contributed by atoms with Gasteiger partial charge in [0, 0.05) is 12.0 Å². The van der Waals surface area contributed by atoms with Gasteiger partial charge in [-0.3, -0.25) is 0 Å². The SMILES string of the molecule is CN1CCC(c2ccc(C3(CO)CC3)cc2)C1. The molecule has 1 aliphatic heterocycles. The summed E-state index contributed by atoms with van der Waals surface area (Å²) in [6.07, 6.45) is 3.57. The number of likely N-dealkylation sites (N-methyl/N-ethyl adjacent to an activating group) is 1. The lowest BCUT2D eigenvalue weighted by atomic mass is 9.92. The van der Waals surface area contributed by atoms with Crippen LogP contribution in [0.1, 0.15) is 36.3 Å². The molecule has 0 bridgehead atoms. The summed E-state index contributed by atoms with van der Waals surface area (Å²) in [5, 5.41) is 9.42. The molecule has 2 fully saturated rings. The van der Waals surface area contributed by atoms with Gasteiger partial charge in [0.15, 0.2) is 0 Å². The second-order valence-corrected chi connectivity index (χ2v) is 5.81. The number of aliphatic hydroxyl groups is 1. The number of benzene rings is 1. The van der Waals surface area contributed by atoms with Gasteiger partial charge < -0.3 is 10.0 Å². The van der Waals surface area contributed by atoms with Gasteiger partial charge in [0.25, 0.3) is 0 Å². The van der Waals surface area contributed by atoms with Crippen LogP contribution in [-0.4, -0.2) is 36.8 Å². The molecule has 0 amide bonds. The maximum atomic E-state index is 9.42. The number of hydrogen-bond acceptors (Lipinski definition) is 2. The van der Waals surface area contributed by atoms with Gasteiger partial charge in [-0.2, -0.15) is 0 Å². The highest BCUT2D eigenvalue weighted by Gasteiger charge is 2.43. The van der Waals surface area contributed by atoms with E-state index in [1.54, 1.807) is 0 Å². The van der Waals surface area contributed by atoms with Crippen LogP contribution < -0.4 is 0 Å². The molecule has 2 heteroatoms. The Morgan fingerprint density at radius 2 is 2.00 bits per heavy atom. The molecule has 1 saturated carbocycles. The molecule has 0 spiro atoms. The highest BCUT2D eigenvalue weighted by atomic mass is 16.3. The predicted molar refractivity (Wildman–Crippen MR) is 69.3 cm³/mol. The van der Waals surface area contributed by atoms with E-state index in [2.05, 4.69) is 36.2 Å². The molecule has 2 nitrogen and oxygen atoms in total. The molecular formula is C15H21NO. The van der Waals surface area contributed by atoms with Gasteiger partial charge in [-0.1, -0.05) is 24.3 Å². The molecule has 1 N–H and O–H groups in total. The third-order valence-corrected chi connectivity index (χ3v) is 4.54. The first-order valence-corrected chi connectivity index (χ1v) is 6.63. The summed E-state index contributed by atoms with van der Waals surface area (Å²) in [6, 6.07) is 9.01. The third-order valence-electron chi connectivity index (χ3n) is 4.54. The maximum absolute atomic E-state index is 9.42. The molecule has 1 unspecified atom stereocenters. The van der Waals surface area contributed by atoms with Crippen molar-refractivity contribution in [3.05, 3.63) is 35.4 Å². The summed E-state index contributed by atoms with van der Waals surface area (Å²) in [7, 11) is 2.19. The van der Waals surface area contributed by atoms with E-state index in [4.69, 9.17) is 0 Å². The topological polar surface area (TPSA) is 23.5 Å². The second kappa shape index (κ2) is 4.11. The van der Waals surface area contributed by atoms with Crippen LogP contribution in [0.2, 0.25) is 0 Å². The van der Waals surface area contributed by atoms with Crippen molar-refractivity contribution in [2.45, 2.75) is 30.6 Å². The summed E-state index contributed by atoms with van der Waals surface area (Å²) >= 11 is 0. The lowest BCUT2D eigenvalue weighted by Gasteiger charge is -2.15. The van der Waals surface area contributed by atoms with E-state index in [0.717, 1.165) is 12.8 Å². The Morgan fingerprint density at radius 1 is 1.29 bits per heavy atom. The van der Waals surface area contributed by atoms with Crippen LogP contribution in [0.3, 0.4) is 0 Å². The molecule has 1 saturated heterocycles. The highest BCUT2D eigenvalue weighted by Crippen LogP contribution is 2.47. The Kier molecular flexibility index (Phi) is 2.72. The lowest BCUT2D eigenvalue weighted by molar-refractivity contribution is 0.255. The first kappa shape index (κ1) is 11.2. The first-order chi connectivity index (χ1) is 8.23. The van der Waals surface area contributed by atoms with Gasteiger partial charge in [-0.05, 0) is 49.9 Å². The third kappa shape index (κ3) is 2.00. The van der Waals surface area contributed by atoms with Crippen molar-refractivity contribution in [1.29, 1.82) is 0 Å². The van der Waals surface area contributed by atoms with Crippen LogP contribution in [0.4, 0.5) is 0 Å². The average Bonchev–Trinajstić information content (AvgIpc) is 3.06. The van der Waals surface area contributed by atoms with E-state index < -0.39 is 0 Å². The number of likely N-dealkylation sites (tertiary alicyclic amines) is 1. The number of nitrogens with zero attached hydrogens (tertiary/aromatic N) is 1. The maximum Gasteiger partial charge on any atom is 0.0527 e. The van der Waals surface area contributed by atoms with Crippen molar-refractivity contribution in [3.63, 3.8) is 0 Å². The van der Waals surface area contributed by atoms with Crippen LogP contribution in [-0.2, 0) is 5.41 Å². The molecule has 0 aromatic heterocycles. The summed E-state index contributed by atoms with van der Waals surface area (Å²) in [5.41, 5.74) is 2.91. The van der Waals surface area contributed by atoms with Crippen molar-refractivity contribution < 1.29 is 5.11 Å². The molecule has 1 atom stereocenters. The Bertz CT molecular complexity index is 394. The number of hydrogen-bond donors (Lipinski definition) is 1. The van der Waals surface area contributed by atoms with Crippen LogP contribution in [0, 0.1) is 0 Å². The van der Waals surface area contributed by atoms with Crippen LogP contribution in [0.25, 0.3) is 0 Å². The Balaban J connectivity index is 1.76. The minimum absolute atomic E-state index is 0.116. The number of aliphatic hydroxyl groups excluding tert-OH is 1. The summed E-state index contributed by atoms with van der Waals surface area (Å²) in [4.78, 5) is 2.40. The summed E-state index contributed by atoms with van der Waals surface area (Å²) in [6.45, 7) is 2.70. The fourth-order valence-corrected chi connectivity index (χ4v) is 3.00. The zero-order chi connectivity index (χ0) is 11.9. The van der Waals surface area contributed by atoms with Crippen LogP contribution >= 0.6 is 0 Å². The smallest absolute Gasteiger partial charge is 0.0527 e. The Labute approximate surface area is 103 Å². The van der Waals surface area contributed by atoms with Gasteiger partial charge >= 0.3 is 0 Å². The van der Waals surface area contributed by atoms with E-state index in [9.17, 15) is 5.11 Å². The second-order valence-electron chi connectivity index (χ2n) is 5.81. The average molecular weight is 231 g/mol. The van der Waals surface area contributed by atoms with Crippen LogP contribution in [0.5, 0.6) is 0 Å². The standard InChI is InChI=1S/C15H21NO/c1-16-9-6-13(10-16)12-2-4-14(5-3-12)15(11-17)7-8-15/h2-5,13,17H,6-11H2,1H3. The van der Waals surface area contributed by atoms with Crippen molar-refractivity contribution in [2.75, 3.05) is 26.7 Å². The van der Waals surface area contributed by atoms with Gasteiger partial charge in [-0.25, -0.2) is 0 Å². The van der Waals surface area contributed by atoms with Gasteiger partial charge in [0.05, 0.1) is 6.61 Å². The van der Waals surface area contributed by atoms with E-state index in [1.807, 2.05) is 0 Å². The van der Waals surface area contributed by atoms with Crippen molar-refractivity contribution >= 4 is 0 Å². The fraction of sp³-hybridized carbons (Fsp3) is 0.600. The van der Waals surface area contributed by atoms with Gasteiger partial charge in [0.2, 0.25) is 0 Å². The Hall–Kier alpha value is -0.860. The van der Waals surface area contributed by atoms with Crippen LogP contribution in [0.15, 0.2) is 24.3 Å². The normalized spacial score (nSPS) is 27.3. The molecule has 1 aromatic carbocycles. The highest BCUT2D eigenvalue weighted by molar-refractivity contribution is 5.35. The minimum Gasteiger partial charge on any atom is -0.395 e. The molecule has 1 aliphatic carbocycles. The van der Waals surface area contributed by atoms with Gasteiger partial charge in [0.1, 0.15) is 0 Å². The summed E-state index contributed by atoms with van der Waals surface area (Å²) < 4.78 is 0. The van der Waals surface area contributed by atoms with E-state index in [-0.39, 0.29) is 5.41 Å². The minimum atomic E-state index is 0.116. The molecule has 2 aliphatic rings. The number of rotatable bonds is 3. The zero-order valence-corrected chi connectivity index (χ0v) is 10.5. The van der Waals surface area contributed by atoms with Crippen molar-refractivity contribution in [1.82, 2.24) is 4.90 Å². The van der Waals surface area contributed by atoms with E-state index in [1.165, 1.54) is 30.6 Å². The molecule has 1 heterocycles. The van der Waals surface area contributed by atoms with E-state index >= 15 is 0 Å². The monoisotopic (exact) mass is 231 g/mol. The quantitative estimate of drug-likeness (QED) is 0.861. The van der Waals surface area contributed by atoms with Crippen molar-refractivity contribution in [2.24, 2.45) is 0 Å². The lowest BCUT2D eigenvalue weighted by Crippen LogP contribution is -2.14. The molecular weight excluding hydrogens is 210 g/mol. The van der Waals surface area contributed by atoms with E-state index in [0.29, 0.717) is 12.5 Å². The largest absolute Gasteiger partial charge is 0.395 e. The molecule has 1 aromatic rings. The zero-order valence-electron chi connectivity index (χ0n) is 10.5. The molecule has 92 valence electrons. The Morgan fingerprint density at radius 3 is 2.47 bits per heavy atom. The molecule has 0 radical (unpaired) electrons. The summed E-state index contributed by atoms with van der Waals surface area (Å²) in [5.74, 6) is 0.707. The predicted octanol–water partition coefficient (Wildman–Crippen LogP) is 2.13. The molecule has 17 heavy (non-hydrogen) atoms. The molecule has 3 rings (SSSR count). The van der Waals surface area contributed by atoms with Crippen molar-refractivity contribution in [3.8, 4) is 0 Å². The first-order valence-electron chi connectivity index (χ1n) is 6.63. The van der Waals surface area contributed by atoms with Gasteiger partial charge in [-0.15, -0.1) is 0 Å². The fourth-order valence-electron chi connectivity index (χ4n) is 3.00.